The maximum atomic E-state index is 13.1. The average Bonchev–Trinajstić information content (AvgIpc) is 2.80. The van der Waals surface area contributed by atoms with Crippen molar-refractivity contribution >= 4 is 29.9 Å². The number of methoxy groups -OCH3 is 1. The summed E-state index contributed by atoms with van der Waals surface area (Å²) < 4.78 is 31.2. The lowest BCUT2D eigenvalue weighted by Gasteiger charge is -2.18. The van der Waals surface area contributed by atoms with Crippen molar-refractivity contribution in [2.75, 3.05) is 20.2 Å². The lowest BCUT2D eigenvalue weighted by atomic mass is 10.1. The molecule has 0 spiro atoms. The summed E-state index contributed by atoms with van der Waals surface area (Å²) >= 11 is 5.74. The van der Waals surface area contributed by atoms with Gasteiger partial charge in [-0.15, -0.1) is 12.4 Å². The molecule has 4 nitrogen and oxygen atoms in total. The van der Waals surface area contributed by atoms with Crippen LogP contribution in [0.2, 0.25) is 5.02 Å². The quantitative estimate of drug-likeness (QED) is 0.832. The first-order valence-corrected chi connectivity index (χ1v) is 6.09. The molecule has 2 rings (SSSR count). The Balaban J connectivity index is 0.00000200. The molecule has 20 heavy (non-hydrogen) atoms. The van der Waals surface area contributed by atoms with Crippen LogP contribution in [0, 0.1) is 11.6 Å². The Morgan fingerprint density at radius 1 is 1.40 bits per heavy atom. The molecular weight excluding hydrogens is 313 g/mol. The summed E-state index contributed by atoms with van der Waals surface area (Å²) in [6.45, 7) is 1.17. The third-order valence-corrected chi connectivity index (χ3v) is 3.35. The molecule has 2 atom stereocenters. The molecule has 8 heteroatoms. The van der Waals surface area contributed by atoms with Gasteiger partial charge in [-0.25, -0.2) is 8.78 Å². The third-order valence-electron chi connectivity index (χ3n) is 3.03. The molecule has 1 aliphatic heterocycles. The highest BCUT2D eigenvalue weighted by Gasteiger charge is 2.29. The number of hydrogen-bond donors (Lipinski definition) is 2. The largest absolute Gasteiger partial charge is 0.378 e. The number of hydrogen-bond acceptors (Lipinski definition) is 3. The molecule has 1 heterocycles. The van der Waals surface area contributed by atoms with Crippen LogP contribution in [0.5, 0.6) is 0 Å². The Morgan fingerprint density at radius 3 is 2.70 bits per heavy atom. The number of carbonyl (C=O) groups excluding carboxylic acids is 1. The molecule has 0 radical (unpaired) electrons. The number of benzene rings is 1. The predicted molar refractivity (Wildman–Crippen MR) is 73.5 cm³/mol. The first-order valence-electron chi connectivity index (χ1n) is 5.72. The highest BCUT2D eigenvalue weighted by molar-refractivity contribution is 6.33. The standard InChI is InChI=1S/C12H13ClF2N2O2.ClH/c1-19-11-5-16-4-10(11)17-12(18)6-2-8(14)9(15)3-7(6)13;/h2-3,10-11,16H,4-5H2,1H3,(H,17,18);1H/t10?,11-;/m0./s1. The van der Waals surface area contributed by atoms with Crippen molar-refractivity contribution in [3.8, 4) is 0 Å². The van der Waals surface area contributed by atoms with E-state index in [1.807, 2.05) is 0 Å². The summed E-state index contributed by atoms with van der Waals surface area (Å²) in [5.41, 5.74) is -0.0951. The van der Waals surface area contributed by atoms with Crippen molar-refractivity contribution < 1.29 is 18.3 Å². The molecule has 1 amide bonds. The zero-order chi connectivity index (χ0) is 14.0. The zero-order valence-corrected chi connectivity index (χ0v) is 12.2. The van der Waals surface area contributed by atoms with E-state index in [4.69, 9.17) is 16.3 Å². The van der Waals surface area contributed by atoms with Gasteiger partial charge in [-0.1, -0.05) is 11.6 Å². The molecule has 1 aromatic carbocycles. The van der Waals surface area contributed by atoms with Gasteiger partial charge in [0.25, 0.3) is 5.91 Å². The van der Waals surface area contributed by atoms with Gasteiger partial charge in [-0.3, -0.25) is 4.79 Å². The molecular formula is C12H14Cl2F2N2O2. The SMILES string of the molecule is CO[C@H]1CNCC1NC(=O)c1cc(F)c(F)cc1Cl.Cl. The number of ether oxygens (including phenoxy) is 1. The fraction of sp³-hybridized carbons (Fsp3) is 0.417. The van der Waals surface area contributed by atoms with Crippen molar-refractivity contribution in [1.29, 1.82) is 0 Å². The highest BCUT2D eigenvalue weighted by atomic mass is 35.5. The van der Waals surface area contributed by atoms with Crippen LogP contribution < -0.4 is 10.6 Å². The minimum absolute atomic E-state index is 0. The lowest BCUT2D eigenvalue weighted by molar-refractivity contribution is 0.0779. The maximum Gasteiger partial charge on any atom is 0.253 e. The van der Waals surface area contributed by atoms with Crippen LogP contribution >= 0.6 is 24.0 Å². The normalized spacial score (nSPS) is 21.4. The van der Waals surface area contributed by atoms with Gasteiger partial charge < -0.3 is 15.4 Å². The van der Waals surface area contributed by atoms with Crippen molar-refractivity contribution in [2.45, 2.75) is 12.1 Å². The Labute approximate surface area is 126 Å². The van der Waals surface area contributed by atoms with Crippen LogP contribution in [0.4, 0.5) is 8.78 Å². The maximum absolute atomic E-state index is 13.1. The van der Waals surface area contributed by atoms with Crippen molar-refractivity contribution in [3.63, 3.8) is 0 Å². The molecule has 0 aliphatic carbocycles. The average molecular weight is 327 g/mol. The lowest BCUT2D eigenvalue weighted by Crippen LogP contribution is -2.43. The van der Waals surface area contributed by atoms with E-state index < -0.39 is 17.5 Å². The van der Waals surface area contributed by atoms with Gasteiger partial charge in [0.05, 0.1) is 22.7 Å². The molecule has 2 N–H and O–H groups in total. The summed E-state index contributed by atoms with van der Waals surface area (Å²) in [6, 6.07) is 1.34. The van der Waals surface area contributed by atoms with E-state index in [2.05, 4.69) is 10.6 Å². The topological polar surface area (TPSA) is 50.4 Å². The minimum Gasteiger partial charge on any atom is -0.378 e. The predicted octanol–water partition coefficient (Wildman–Crippen LogP) is 1.76. The molecule has 1 saturated heterocycles. The molecule has 1 aromatic rings. The van der Waals surface area contributed by atoms with E-state index in [1.54, 1.807) is 7.11 Å². The second-order valence-electron chi connectivity index (χ2n) is 4.26. The van der Waals surface area contributed by atoms with Crippen molar-refractivity contribution in [2.24, 2.45) is 0 Å². The Morgan fingerprint density at radius 2 is 2.05 bits per heavy atom. The van der Waals surface area contributed by atoms with Gasteiger partial charge in [-0.05, 0) is 12.1 Å². The monoisotopic (exact) mass is 326 g/mol. The Bertz CT molecular complexity index is 503. The number of amides is 1. The summed E-state index contributed by atoms with van der Waals surface area (Å²) in [6.07, 6.45) is -0.159. The van der Waals surface area contributed by atoms with Crippen LogP contribution in [0.25, 0.3) is 0 Å². The third kappa shape index (κ3) is 3.58. The minimum atomic E-state index is -1.11. The van der Waals surface area contributed by atoms with Crippen LogP contribution in [0.3, 0.4) is 0 Å². The second-order valence-corrected chi connectivity index (χ2v) is 4.67. The first kappa shape index (κ1) is 17.1. The molecule has 0 bridgehead atoms. The number of nitrogens with one attached hydrogen (secondary N) is 2. The molecule has 0 saturated carbocycles. The van der Waals surface area contributed by atoms with E-state index in [1.165, 1.54) is 0 Å². The van der Waals surface area contributed by atoms with E-state index in [9.17, 15) is 13.6 Å². The van der Waals surface area contributed by atoms with Crippen LogP contribution in [-0.2, 0) is 4.74 Å². The van der Waals surface area contributed by atoms with Gasteiger partial charge in [0.15, 0.2) is 11.6 Å². The van der Waals surface area contributed by atoms with Crippen LogP contribution in [-0.4, -0.2) is 38.3 Å². The first-order chi connectivity index (χ1) is 9.02. The van der Waals surface area contributed by atoms with E-state index in [0.29, 0.717) is 13.1 Å². The number of halogens is 4. The van der Waals surface area contributed by atoms with Crippen LogP contribution in [0.15, 0.2) is 12.1 Å². The Hall–Kier alpha value is -0.950. The Kier molecular flexibility index (Phi) is 6.13. The fourth-order valence-electron chi connectivity index (χ4n) is 1.99. The molecule has 1 unspecified atom stereocenters. The second kappa shape index (κ2) is 7.17. The summed E-state index contributed by atoms with van der Waals surface area (Å²) in [5, 5.41) is 5.61. The van der Waals surface area contributed by atoms with Gasteiger partial charge in [-0.2, -0.15) is 0 Å². The van der Waals surface area contributed by atoms with Gasteiger partial charge in [0, 0.05) is 20.2 Å². The summed E-state index contributed by atoms with van der Waals surface area (Å²) in [7, 11) is 1.54. The van der Waals surface area contributed by atoms with Gasteiger partial charge >= 0.3 is 0 Å². The van der Waals surface area contributed by atoms with Gasteiger partial charge in [0.2, 0.25) is 0 Å². The summed E-state index contributed by atoms with van der Waals surface area (Å²) in [5.74, 6) is -2.75. The van der Waals surface area contributed by atoms with Crippen LogP contribution in [0.1, 0.15) is 10.4 Å². The zero-order valence-electron chi connectivity index (χ0n) is 10.6. The molecule has 1 aliphatic rings. The fourth-order valence-corrected chi connectivity index (χ4v) is 2.23. The molecule has 0 aromatic heterocycles. The molecule has 1 fully saturated rings. The number of carbonyl (C=O) groups is 1. The smallest absolute Gasteiger partial charge is 0.253 e. The van der Waals surface area contributed by atoms with Crippen molar-refractivity contribution in [1.82, 2.24) is 10.6 Å². The summed E-state index contributed by atoms with van der Waals surface area (Å²) in [4.78, 5) is 12.0. The number of rotatable bonds is 3. The van der Waals surface area contributed by atoms with E-state index in [0.717, 1.165) is 12.1 Å². The van der Waals surface area contributed by atoms with Crippen molar-refractivity contribution in [3.05, 3.63) is 34.4 Å². The van der Waals surface area contributed by atoms with Gasteiger partial charge in [0.1, 0.15) is 0 Å². The molecule has 112 valence electrons. The highest BCUT2D eigenvalue weighted by Crippen LogP contribution is 2.20. The van der Waals surface area contributed by atoms with E-state index in [-0.39, 0.29) is 35.1 Å². The van der Waals surface area contributed by atoms with E-state index >= 15 is 0 Å².